The molecule has 0 atom stereocenters. The lowest BCUT2D eigenvalue weighted by atomic mass is 10.0. The Morgan fingerprint density at radius 3 is 2.46 bits per heavy atom. The normalized spacial score (nSPS) is 11.4. The number of carbonyl (C=O) groups is 1. The van der Waals surface area contributed by atoms with Gasteiger partial charge in [0.2, 0.25) is 0 Å². The minimum absolute atomic E-state index is 0.144. The van der Waals surface area contributed by atoms with Gasteiger partial charge in [-0.2, -0.15) is 0 Å². The average Bonchev–Trinajstić information content (AvgIpc) is 2.95. The molecule has 3 rings (SSSR count). The van der Waals surface area contributed by atoms with Crippen molar-refractivity contribution in [1.29, 1.82) is 0 Å². The van der Waals surface area contributed by atoms with E-state index in [1.807, 2.05) is 43.4 Å². The number of hydrogen-bond donors (Lipinski definition) is 1. The molecular weight excluding hydrogens is 322 g/mol. The van der Waals surface area contributed by atoms with Gasteiger partial charge in [-0.3, -0.25) is 4.79 Å². The molecule has 0 saturated carbocycles. The number of benzene rings is 2. The Morgan fingerprint density at radius 1 is 1.04 bits per heavy atom. The summed E-state index contributed by atoms with van der Waals surface area (Å²) in [6.07, 6.45) is 1.03. The maximum atomic E-state index is 13.1. The number of nitrogens with zero attached hydrogens (tertiary/aromatic N) is 2. The monoisotopic (exact) mass is 349 g/mol. The molecule has 4 nitrogen and oxygen atoms in total. The Bertz CT molecular complexity index is 881. The zero-order chi connectivity index (χ0) is 18.5. The van der Waals surface area contributed by atoms with Gasteiger partial charge in [0.1, 0.15) is 0 Å². The summed E-state index contributed by atoms with van der Waals surface area (Å²) in [7, 11) is 6.16. The van der Waals surface area contributed by atoms with Crippen LogP contribution < -0.4 is 5.32 Å². The third kappa shape index (κ3) is 3.87. The first-order valence-electron chi connectivity index (χ1n) is 9.11. The molecule has 0 aliphatic heterocycles. The van der Waals surface area contributed by atoms with Gasteiger partial charge in [-0.15, -0.1) is 0 Å². The number of Topliss-reactive ketones (excluding diaryl/α,β-unsaturated/α-hetero) is 1. The minimum atomic E-state index is 0.144. The van der Waals surface area contributed by atoms with E-state index in [1.54, 1.807) is 0 Å². The fourth-order valence-electron chi connectivity index (χ4n) is 3.42. The summed E-state index contributed by atoms with van der Waals surface area (Å²) >= 11 is 0. The fourth-order valence-corrected chi connectivity index (χ4v) is 3.42. The highest BCUT2D eigenvalue weighted by atomic mass is 16.1. The molecule has 0 amide bonds. The highest BCUT2D eigenvalue weighted by Crippen LogP contribution is 2.33. The first kappa shape index (κ1) is 18.4. The number of hydrogen-bond acceptors (Lipinski definition) is 3. The van der Waals surface area contributed by atoms with Gasteiger partial charge in [0.25, 0.3) is 0 Å². The zero-order valence-corrected chi connectivity index (χ0v) is 15.8. The molecule has 1 aromatic heterocycles. The van der Waals surface area contributed by atoms with E-state index in [9.17, 15) is 4.79 Å². The molecule has 0 aliphatic rings. The quantitative estimate of drug-likeness (QED) is 0.499. The molecule has 1 heterocycles. The maximum Gasteiger partial charge on any atom is 0.179 e. The second-order valence-corrected chi connectivity index (χ2v) is 6.92. The van der Waals surface area contributed by atoms with Crippen molar-refractivity contribution in [2.24, 2.45) is 7.05 Å². The number of aryl methyl sites for hydroxylation is 1. The van der Waals surface area contributed by atoms with E-state index in [1.165, 1.54) is 0 Å². The van der Waals surface area contributed by atoms with Gasteiger partial charge < -0.3 is 14.8 Å². The number of para-hydroxylation sites is 1. The van der Waals surface area contributed by atoms with Crippen LogP contribution in [0.3, 0.4) is 0 Å². The zero-order valence-electron chi connectivity index (χ0n) is 15.8. The summed E-state index contributed by atoms with van der Waals surface area (Å²) in [5.41, 5.74) is 3.96. The van der Waals surface area contributed by atoms with Crippen molar-refractivity contribution < 1.29 is 4.79 Å². The van der Waals surface area contributed by atoms with Crippen LogP contribution in [0.15, 0.2) is 54.6 Å². The van der Waals surface area contributed by atoms with Crippen LogP contribution in [-0.2, 0) is 7.05 Å². The smallest absolute Gasteiger partial charge is 0.179 e. The second kappa shape index (κ2) is 8.30. The van der Waals surface area contributed by atoms with Gasteiger partial charge in [-0.1, -0.05) is 48.5 Å². The van der Waals surface area contributed by atoms with Gasteiger partial charge in [0.05, 0.1) is 17.8 Å². The molecule has 136 valence electrons. The van der Waals surface area contributed by atoms with Crippen LogP contribution in [0.5, 0.6) is 0 Å². The summed E-state index contributed by atoms with van der Waals surface area (Å²) in [6, 6.07) is 18.3. The summed E-state index contributed by atoms with van der Waals surface area (Å²) in [5.74, 6) is 0.144. The Hall–Kier alpha value is -2.43. The molecular formula is C22H27N3O. The van der Waals surface area contributed by atoms with Crippen LogP contribution in [0.1, 0.15) is 16.8 Å². The first-order chi connectivity index (χ1) is 12.6. The Balaban J connectivity index is 1.90. The number of carbonyl (C=O) groups excluding carboxylic acids is 1. The van der Waals surface area contributed by atoms with E-state index >= 15 is 0 Å². The van der Waals surface area contributed by atoms with Crippen molar-refractivity contribution in [3.8, 4) is 11.3 Å². The van der Waals surface area contributed by atoms with Crippen molar-refractivity contribution in [2.75, 3.05) is 33.7 Å². The molecule has 2 aromatic carbocycles. The summed E-state index contributed by atoms with van der Waals surface area (Å²) in [6.45, 7) is 2.22. The Labute approximate surface area is 155 Å². The Kier molecular flexibility index (Phi) is 5.86. The molecule has 3 aromatic rings. The lowest BCUT2D eigenvalue weighted by molar-refractivity contribution is 0.0993. The third-order valence-electron chi connectivity index (χ3n) is 4.68. The van der Waals surface area contributed by atoms with Crippen molar-refractivity contribution in [2.45, 2.75) is 6.42 Å². The van der Waals surface area contributed by atoms with Crippen LogP contribution in [0.4, 0.5) is 0 Å². The highest BCUT2D eigenvalue weighted by molar-refractivity contribution is 6.14. The highest BCUT2D eigenvalue weighted by Gasteiger charge is 2.21. The van der Waals surface area contributed by atoms with Crippen molar-refractivity contribution >= 4 is 16.7 Å². The summed E-state index contributed by atoms with van der Waals surface area (Å²) < 4.78 is 2.13. The van der Waals surface area contributed by atoms with Gasteiger partial charge >= 0.3 is 0 Å². The van der Waals surface area contributed by atoms with E-state index < -0.39 is 0 Å². The van der Waals surface area contributed by atoms with Crippen LogP contribution >= 0.6 is 0 Å². The number of fused-ring (bicyclic) bond motifs is 1. The molecule has 0 saturated heterocycles. The fraction of sp³-hybridized carbons (Fsp3) is 0.318. The van der Waals surface area contributed by atoms with Crippen LogP contribution in [0.25, 0.3) is 22.2 Å². The first-order valence-corrected chi connectivity index (χ1v) is 9.11. The van der Waals surface area contributed by atoms with Crippen molar-refractivity contribution in [3.05, 3.63) is 60.2 Å². The number of aromatic nitrogens is 1. The topological polar surface area (TPSA) is 37.3 Å². The SMILES string of the molecule is CN(C)CCCNCC(=O)c1c(-c2ccccc2)n(C)c2ccccc12. The van der Waals surface area contributed by atoms with Crippen molar-refractivity contribution in [3.63, 3.8) is 0 Å². The van der Waals surface area contributed by atoms with Gasteiger partial charge in [-0.05, 0) is 45.2 Å². The van der Waals surface area contributed by atoms with E-state index in [4.69, 9.17) is 0 Å². The van der Waals surface area contributed by atoms with Gasteiger partial charge in [0.15, 0.2) is 5.78 Å². The molecule has 0 bridgehead atoms. The molecule has 4 heteroatoms. The molecule has 0 unspecified atom stereocenters. The average molecular weight is 349 g/mol. The van der Waals surface area contributed by atoms with Crippen molar-refractivity contribution in [1.82, 2.24) is 14.8 Å². The summed E-state index contributed by atoms with van der Waals surface area (Å²) in [5, 5.41) is 4.33. The van der Waals surface area contributed by atoms with Gasteiger partial charge in [-0.25, -0.2) is 0 Å². The number of ketones is 1. The number of nitrogens with one attached hydrogen (secondary N) is 1. The van der Waals surface area contributed by atoms with Crippen LogP contribution in [0.2, 0.25) is 0 Å². The predicted molar refractivity (Wildman–Crippen MR) is 109 cm³/mol. The second-order valence-electron chi connectivity index (χ2n) is 6.92. The number of rotatable bonds is 8. The van der Waals surface area contributed by atoms with E-state index in [0.717, 1.165) is 47.2 Å². The minimum Gasteiger partial charge on any atom is -0.343 e. The molecule has 0 aliphatic carbocycles. The largest absolute Gasteiger partial charge is 0.343 e. The van der Waals surface area contributed by atoms with E-state index in [-0.39, 0.29) is 5.78 Å². The lowest BCUT2D eigenvalue weighted by Crippen LogP contribution is -2.26. The standard InChI is InChI=1S/C22H27N3O/c1-24(2)15-9-14-23-16-20(26)21-18-12-7-8-13-19(18)25(3)22(21)17-10-5-4-6-11-17/h4-8,10-13,23H,9,14-16H2,1-3H3. The van der Waals surface area contributed by atoms with Crippen LogP contribution in [-0.4, -0.2) is 49.0 Å². The van der Waals surface area contributed by atoms with E-state index in [0.29, 0.717) is 6.54 Å². The van der Waals surface area contributed by atoms with E-state index in [2.05, 4.69) is 47.1 Å². The maximum absolute atomic E-state index is 13.1. The predicted octanol–water partition coefficient (Wildman–Crippen LogP) is 3.57. The molecule has 1 N–H and O–H groups in total. The Morgan fingerprint density at radius 2 is 1.73 bits per heavy atom. The lowest BCUT2D eigenvalue weighted by Gasteiger charge is -2.10. The molecule has 26 heavy (non-hydrogen) atoms. The molecule has 0 fully saturated rings. The summed E-state index contributed by atoms with van der Waals surface area (Å²) in [4.78, 5) is 15.2. The molecule has 0 spiro atoms. The van der Waals surface area contributed by atoms with Gasteiger partial charge in [0, 0.05) is 18.0 Å². The third-order valence-corrected chi connectivity index (χ3v) is 4.68. The molecule has 0 radical (unpaired) electrons. The van der Waals surface area contributed by atoms with Crippen LogP contribution in [0, 0.1) is 0 Å².